The molecule has 0 spiro atoms. The van der Waals surface area contributed by atoms with Crippen LogP contribution < -0.4 is 20.1 Å². The van der Waals surface area contributed by atoms with E-state index in [0.717, 1.165) is 17.7 Å². The molecule has 2 aromatic rings. The Balaban J connectivity index is 2.01. The Morgan fingerprint density at radius 3 is 2.35 bits per heavy atom. The number of nitrogens with one attached hydrogen (secondary N) is 2. The third kappa shape index (κ3) is 4.64. The van der Waals surface area contributed by atoms with E-state index in [1.54, 1.807) is 20.3 Å². The Morgan fingerprint density at radius 1 is 1.04 bits per heavy atom. The molecule has 5 heteroatoms. The van der Waals surface area contributed by atoms with Gasteiger partial charge in [0.15, 0.2) is 0 Å². The first-order valence-electron chi connectivity index (χ1n) is 7.51. The second-order valence-corrected chi connectivity index (χ2v) is 5.06. The molecule has 23 heavy (non-hydrogen) atoms. The number of ether oxygens (including phenoxy) is 2. The molecule has 0 saturated heterocycles. The van der Waals surface area contributed by atoms with Crippen LogP contribution in [0.25, 0.3) is 0 Å². The van der Waals surface area contributed by atoms with Gasteiger partial charge in [-0.1, -0.05) is 25.1 Å². The number of urea groups is 1. The highest BCUT2D eigenvalue weighted by Gasteiger charge is 2.13. The van der Waals surface area contributed by atoms with Crippen LogP contribution in [-0.4, -0.2) is 20.3 Å². The summed E-state index contributed by atoms with van der Waals surface area (Å²) in [6.45, 7) is 2.03. The summed E-state index contributed by atoms with van der Waals surface area (Å²) >= 11 is 0. The van der Waals surface area contributed by atoms with E-state index in [2.05, 4.69) is 10.6 Å². The number of anilines is 1. The Kier molecular flexibility index (Phi) is 5.86. The Morgan fingerprint density at radius 2 is 1.74 bits per heavy atom. The number of rotatable bonds is 6. The van der Waals surface area contributed by atoms with Crippen molar-refractivity contribution in [3.63, 3.8) is 0 Å². The molecule has 0 aliphatic rings. The number of hydrogen-bond acceptors (Lipinski definition) is 3. The molecule has 0 aliphatic heterocycles. The van der Waals surface area contributed by atoms with Gasteiger partial charge in [0.25, 0.3) is 0 Å². The van der Waals surface area contributed by atoms with Crippen molar-refractivity contribution in [3.8, 4) is 11.5 Å². The van der Waals surface area contributed by atoms with E-state index in [1.807, 2.05) is 49.4 Å². The number of hydrogen-bond donors (Lipinski definition) is 2. The highest BCUT2D eigenvalue weighted by atomic mass is 16.5. The largest absolute Gasteiger partial charge is 0.497 e. The fraction of sp³-hybridized carbons (Fsp3) is 0.278. The van der Waals surface area contributed by atoms with Crippen molar-refractivity contribution in [1.82, 2.24) is 5.32 Å². The lowest BCUT2D eigenvalue weighted by atomic mass is 10.0. The summed E-state index contributed by atoms with van der Waals surface area (Å²) in [5, 5.41) is 5.79. The fourth-order valence-electron chi connectivity index (χ4n) is 2.28. The smallest absolute Gasteiger partial charge is 0.319 e. The summed E-state index contributed by atoms with van der Waals surface area (Å²) in [6.07, 6.45) is 0.790. The number of benzene rings is 2. The minimum atomic E-state index is -0.249. The van der Waals surface area contributed by atoms with Crippen LogP contribution in [0.15, 0.2) is 48.5 Å². The Bertz CT molecular complexity index is 641. The minimum Gasteiger partial charge on any atom is -0.497 e. The zero-order chi connectivity index (χ0) is 16.7. The maximum absolute atomic E-state index is 12.2. The maximum atomic E-state index is 12.2. The SMILES string of the molecule is CC[C@@H](NC(=O)Nc1cccc(OC)c1)c1ccc(OC)cc1. The Hall–Kier alpha value is -2.69. The van der Waals surface area contributed by atoms with Gasteiger partial charge in [-0.05, 0) is 36.2 Å². The van der Waals surface area contributed by atoms with Crippen LogP contribution >= 0.6 is 0 Å². The molecule has 0 aliphatic carbocycles. The molecule has 2 amide bonds. The summed E-state index contributed by atoms with van der Waals surface area (Å²) in [4.78, 5) is 12.2. The van der Waals surface area contributed by atoms with Crippen molar-refractivity contribution >= 4 is 11.7 Å². The molecule has 1 atom stereocenters. The van der Waals surface area contributed by atoms with E-state index in [0.29, 0.717) is 11.4 Å². The van der Waals surface area contributed by atoms with E-state index in [4.69, 9.17) is 9.47 Å². The van der Waals surface area contributed by atoms with Crippen LogP contribution in [0.1, 0.15) is 24.9 Å². The van der Waals surface area contributed by atoms with Gasteiger partial charge >= 0.3 is 6.03 Å². The molecule has 0 heterocycles. The molecular weight excluding hydrogens is 292 g/mol. The fourth-order valence-corrected chi connectivity index (χ4v) is 2.28. The monoisotopic (exact) mass is 314 g/mol. The molecule has 5 nitrogen and oxygen atoms in total. The van der Waals surface area contributed by atoms with Crippen LogP contribution in [0.5, 0.6) is 11.5 Å². The number of carbonyl (C=O) groups is 1. The van der Waals surface area contributed by atoms with Gasteiger partial charge < -0.3 is 20.1 Å². The van der Waals surface area contributed by atoms with E-state index in [9.17, 15) is 4.79 Å². The van der Waals surface area contributed by atoms with Crippen LogP contribution in [0.2, 0.25) is 0 Å². The second kappa shape index (κ2) is 8.08. The van der Waals surface area contributed by atoms with Gasteiger partial charge in [-0.3, -0.25) is 0 Å². The summed E-state index contributed by atoms with van der Waals surface area (Å²) in [7, 11) is 3.22. The zero-order valence-corrected chi connectivity index (χ0v) is 13.6. The molecule has 0 bridgehead atoms. The van der Waals surface area contributed by atoms with Crippen molar-refractivity contribution in [3.05, 3.63) is 54.1 Å². The molecule has 122 valence electrons. The van der Waals surface area contributed by atoms with Crippen molar-refractivity contribution in [2.24, 2.45) is 0 Å². The highest BCUT2D eigenvalue weighted by Crippen LogP contribution is 2.21. The van der Waals surface area contributed by atoms with Gasteiger partial charge in [0.2, 0.25) is 0 Å². The molecule has 0 saturated carbocycles. The van der Waals surface area contributed by atoms with Crippen molar-refractivity contribution in [1.29, 1.82) is 0 Å². The van der Waals surface area contributed by atoms with Gasteiger partial charge in [0.05, 0.1) is 20.3 Å². The Labute approximate surface area is 136 Å². The lowest BCUT2D eigenvalue weighted by molar-refractivity contribution is 0.248. The van der Waals surface area contributed by atoms with E-state index < -0.39 is 0 Å². The molecule has 0 radical (unpaired) electrons. The van der Waals surface area contributed by atoms with Crippen LogP contribution in [-0.2, 0) is 0 Å². The molecule has 2 N–H and O–H groups in total. The molecule has 0 fully saturated rings. The summed E-state index contributed by atoms with van der Waals surface area (Å²) in [6, 6.07) is 14.6. The topological polar surface area (TPSA) is 59.6 Å². The standard InChI is InChI=1S/C18H22N2O3/c1-4-17(13-8-10-15(22-2)11-9-13)20-18(21)19-14-6-5-7-16(12-14)23-3/h5-12,17H,4H2,1-3H3,(H2,19,20,21)/t17-/m1/s1. The molecule has 0 unspecified atom stereocenters. The number of carbonyl (C=O) groups excluding carboxylic acids is 1. The van der Waals surface area contributed by atoms with Gasteiger partial charge in [-0.25, -0.2) is 4.79 Å². The maximum Gasteiger partial charge on any atom is 0.319 e. The van der Waals surface area contributed by atoms with Crippen molar-refractivity contribution in [2.75, 3.05) is 19.5 Å². The third-order valence-corrected chi connectivity index (χ3v) is 3.56. The lowest BCUT2D eigenvalue weighted by Crippen LogP contribution is -2.32. The first kappa shape index (κ1) is 16.7. The van der Waals surface area contributed by atoms with Crippen molar-refractivity contribution in [2.45, 2.75) is 19.4 Å². The van der Waals surface area contributed by atoms with E-state index in [-0.39, 0.29) is 12.1 Å². The van der Waals surface area contributed by atoms with E-state index >= 15 is 0 Å². The average Bonchev–Trinajstić information content (AvgIpc) is 2.60. The number of methoxy groups -OCH3 is 2. The summed E-state index contributed by atoms with van der Waals surface area (Å²) in [5.74, 6) is 1.49. The normalized spacial score (nSPS) is 11.4. The molecular formula is C18H22N2O3. The zero-order valence-electron chi connectivity index (χ0n) is 13.6. The second-order valence-electron chi connectivity index (χ2n) is 5.06. The van der Waals surface area contributed by atoms with Gasteiger partial charge in [0, 0.05) is 11.8 Å². The van der Waals surface area contributed by atoms with Gasteiger partial charge in [-0.2, -0.15) is 0 Å². The van der Waals surface area contributed by atoms with Gasteiger partial charge in [-0.15, -0.1) is 0 Å². The van der Waals surface area contributed by atoms with Gasteiger partial charge in [0.1, 0.15) is 11.5 Å². The average molecular weight is 314 g/mol. The molecule has 2 aromatic carbocycles. The quantitative estimate of drug-likeness (QED) is 0.848. The predicted molar refractivity (Wildman–Crippen MR) is 91.2 cm³/mol. The molecule has 2 rings (SSSR count). The van der Waals surface area contributed by atoms with Crippen LogP contribution in [0.4, 0.5) is 10.5 Å². The predicted octanol–water partition coefficient (Wildman–Crippen LogP) is 3.98. The van der Waals surface area contributed by atoms with E-state index in [1.165, 1.54) is 0 Å². The first-order chi connectivity index (χ1) is 11.2. The summed E-state index contributed by atoms with van der Waals surface area (Å²) in [5.41, 5.74) is 1.72. The third-order valence-electron chi connectivity index (χ3n) is 3.56. The number of amides is 2. The van der Waals surface area contributed by atoms with Crippen molar-refractivity contribution < 1.29 is 14.3 Å². The summed E-state index contributed by atoms with van der Waals surface area (Å²) < 4.78 is 10.3. The minimum absolute atomic E-state index is 0.0634. The highest BCUT2D eigenvalue weighted by molar-refractivity contribution is 5.89. The van der Waals surface area contributed by atoms with Crippen LogP contribution in [0.3, 0.4) is 0 Å². The molecule has 0 aromatic heterocycles. The van der Waals surface area contributed by atoms with Crippen LogP contribution in [0, 0.1) is 0 Å². The lowest BCUT2D eigenvalue weighted by Gasteiger charge is -2.18. The first-order valence-corrected chi connectivity index (χ1v) is 7.51.